The van der Waals surface area contributed by atoms with Crippen molar-refractivity contribution in [3.8, 4) is 0 Å². The zero-order chi connectivity index (χ0) is 10.8. The second-order valence-corrected chi connectivity index (χ2v) is 4.71. The molecule has 1 unspecified atom stereocenters. The molecule has 1 aliphatic heterocycles. The predicted octanol–water partition coefficient (Wildman–Crippen LogP) is 3.13. The Hall–Kier alpha value is -0.480. The van der Waals surface area contributed by atoms with Crippen LogP contribution >= 0.6 is 15.9 Å². The fraction of sp³-hybridized carbons (Fsp3) is 0.455. The quantitative estimate of drug-likeness (QED) is 0.802. The van der Waals surface area contributed by atoms with Crippen LogP contribution < -0.4 is 0 Å². The van der Waals surface area contributed by atoms with E-state index >= 15 is 0 Å². The summed E-state index contributed by atoms with van der Waals surface area (Å²) in [5.74, 6) is -0.254. The highest BCUT2D eigenvalue weighted by Crippen LogP contribution is 2.22. The lowest BCUT2D eigenvalue weighted by Gasteiger charge is -2.15. The maximum atomic E-state index is 12.9. The number of benzene rings is 1. The van der Waals surface area contributed by atoms with Crippen LogP contribution in [0.5, 0.6) is 0 Å². The van der Waals surface area contributed by atoms with Crippen molar-refractivity contribution in [2.45, 2.75) is 19.1 Å². The van der Waals surface area contributed by atoms with Gasteiger partial charge in [0.1, 0.15) is 12.0 Å². The summed E-state index contributed by atoms with van der Waals surface area (Å²) in [4.78, 5) is 2.04. The molecule has 2 rings (SSSR count). The molecule has 1 saturated heterocycles. The van der Waals surface area contributed by atoms with Gasteiger partial charge < -0.3 is 0 Å². The van der Waals surface area contributed by atoms with Gasteiger partial charge in [-0.05, 0) is 24.1 Å². The fourth-order valence-corrected chi connectivity index (χ4v) is 2.30. The van der Waals surface area contributed by atoms with Crippen molar-refractivity contribution >= 4 is 15.9 Å². The summed E-state index contributed by atoms with van der Waals surface area (Å²) < 4.78 is 26.5. The second-order valence-electron chi connectivity index (χ2n) is 3.86. The smallest absolute Gasteiger partial charge is 0.124 e. The molecule has 0 amide bonds. The molecule has 0 saturated carbocycles. The average Bonchev–Trinajstić information content (AvgIpc) is 2.56. The molecule has 0 aliphatic carbocycles. The zero-order valence-electron chi connectivity index (χ0n) is 8.22. The molecule has 4 heteroatoms. The van der Waals surface area contributed by atoms with E-state index in [9.17, 15) is 8.78 Å². The maximum absolute atomic E-state index is 12.9. The van der Waals surface area contributed by atoms with Crippen molar-refractivity contribution in [1.82, 2.24) is 4.90 Å². The van der Waals surface area contributed by atoms with E-state index in [2.05, 4.69) is 15.9 Å². The molecule has 0 spiro atoms. The Morgan fingerprint density at radius 2 is 2.27 bits per heavy atom. The van der Waals surface area contributed by atoms with E-state index in [-0.39, 0.29) is 5.82 Å². The van der Waals surface area contributed by atoms with Gasteiger partial charge >= 0.3 is 0 Å². The van der Waals surface area contributed by atoms with Gasteiger partial charge in [0.25, 0.3) is 0 Å². The van der Waals surface area contributed by atoms with Crippen molar-refractivity contribution < 1.29 is 8.78 Å². The van der Waals surface area contributed by atoms with Gasteiger partial charge in [-0.2, -0.15) is 0 Å². The Morgan fingerprint density at radius 3 is 2.87 bits per heavy atom. The third-order valence-electron chi connectivity index (χ3n) is 2.62. The van der Waals surface area contributed by atoms with E-state index in [0.29, 0.717) is 19.5 Å². The lowest BCUT2D eigenvalue weighted by Crippen LogP contribution is -2.20. The van der Waals surface area contributed by atoms with E-state index < -0.39 is 6.17 Å². The van der Waals surface area contributed by atoms with E-state index in [0.717, 1.165) is 16.6 Å². The van der Waals surface area contributed by atoms with E-state index in [4.69, 9.17) is 0 Å². The van der Waals surface area contributed by atoms with Gasteiger partial charge in [0.05, 0.1) is 0 Å². The molecule has 1 atom stereocenters. The summed E-state index contributed by atoms with van der Waals surface area (Å²) in [7, 11) is 0. The number of halogens is 3. The number of hydrogen-bond acceptors (Lipinski definition) is 1. The van der Waals surface area contributed by atoms with Gasteiger partial charge in [0, 0.05) is 24.1 Å². The molecule has 1 heterocycles. The lowest BCUT2D eigenvalue weighted by atomic mass is 10.2. The van der Waals surface area contributed by atoms with Crippen LogP contribution in [0.4, 0.5) is 8.78 Å². The molecule has 0 aromatic heterocycles. The highest BCUT2D eigenvalue weighted by molar-refractivity contribution is 9.10. The van der Waals surface area contributed by atoms with Crippen LogP contribution in [-0.4, -0.2) is 24.2 Å². The molecule has 1 aliphatic rings. The van der Waals surface area contributed by atoms with Gasteiger partial charge in [-0.15, -0.1) is 0 Å². The normalized spacial score (nSPS) is 22.2. The third kappa shape index (κ3) is 2.75. The molecule has 82 valence electrons. The number of alkyl halides is 1. The number of nitrogens with zero attached hydrogens (tertiary/aromatic N) is 1. The van der Waals surface area contributed by atoms with E-state index in [1.54, 1.807) is 6.07 Å². The van der Waals surface area contributed by atoms with Crippen molar-refractivity contribution in [1.29, 1.82) is 0 Å². The van der Waals surface area contributed by atoms with Crippen LogP contribution in [0.3, 0.4) is 0 Å². The van der Waals surface area contributed by atoms with Crippen LogP contribution in [0.2, 0.25) is 0 Å². The SMILES string of the molecule is Fc1ccc(CN2CCC(F)C2)c(Br)c1. The Balaban J connectivity index is 2.04. The van der Waals surface area contributed by atoms with Crippen LogP contribution in [0, 0.1) is 5.82 Å². The van der Waals surface area contributed by atoms with Crippen molar-refractivity contribution in [2.75, 3.05) is 13.1 Å². The predicted molar refractivity (Wildman–Crippen MR) is 58.9 cm³/mol. The Bertz CT molecular complexity index is 356. The zero-order valence-corrected chi connectivity index (χ0v) is 9.80. The summed E-state index contributed by atoms with van der Waals surface area (Å²) in [5, 5.41) is 0. The summed E-state index contributed by atoms with van der Waals surface area (Å²) in [6.45, 7) is 1.95. The Labute approximate surface area is 96.2 Å². The Kier molecular flexibility index (Phi) is 3.36. The monoisotopic (exact) mass is 275 g/mol. The molecular weight excluding hydrogens is 264 g/mol. The number of likely N-dealkylation sites (tertiary alicyclic amines) is 1. The van der Waals surface area contributed by atoms with Crippen LogP contribution in [-0.2, 0) is 6.54 Å². The van der Waals surface area contributed by atoms with Crippen LogP contribution in [0.15, 0.2) is 22.7 Å². The van der Waals surface area contributed by atoms with Gasteiger partial charge in [-0.3, -0.25) is 4.90 Å². The van der Waals surface area contributed by atoms with Crippen LogP contribution in [0.1, 0.15) is 12.0 Å². The number of rotatable bonds is 2. The van der Waals surface area contributed by atoms with Gasteiger partial charge in [0.15, 0.2) is 0 Å². The van der Waals surface area contributed by atoms with Crippen molar-refractivity contribution in [3.05, 3.63) is 34.1 Å². The molecule has 0 bridgehead atoms. The van der Waals surface area contributed by atoms with Crippen molar-refractivity contribution in [3.63, 3.8) is 0 Å². The molecule has 1 nitrogen and oxygen atoms in total. The van der Waals surface area contributed by atoms with Crippen molar-refractivity contribution in [2.24, 2.45) is 0 Å². The first-order valence-corrected chi connectivity index (χ1v) is 5.75. The topological polar surface area (TPSA) is 3.24 Å². The first-order chi connectivity index (χ1) is 7.15. The standard InChI is InChI=1S/C11H12BrF2N/c12-11-5-9(13)2-1-8(11)6-15-4-3-10(14)7-15/h1-2,5,10H,3-4,6-7H2. The number of hydrogen-bond donors (Lipinski definition) is 0. The first kappa shape index (κ1) is 11.0. The molecule has 1 aromatic rings. The summed E-state index contributed by atoms with van der Waals surface area (Å²) in [6, 6.07) is 4.62. The Morgan fingerprint density at radius 1 is 1.47 bits per heavy atom. The largest absolute Gasteiger partial charge is 0.296 e. The molecular formula is C11H12BrF2N. The highest BCUT2D eigenvalue weighted by Gasteiger charge is 2.21. The van der Waals surface area contributed by atoms with Gasteiger partial charge in [-0.1, -0.05) is 22.0 Å². The highest BCUT2D eigenvalue weighted by atomic mass is 79.9. The van der Waals surface area contributed by atoms with Gasteiger partial charge in [0.2, 0.25) is 0 Å². The minimum absolute atomic E-state index is 0.254. The molecule has 15 heavy (non-hydrogen) atoms. The first-order valence-electron chi connectivity index (χ1n) is 4.95. The molecule has 1 fully saturated rings. The summed E-state index contributed by atoms with van der Waals surface area (Å²) in [5.41, 5.74) is 1.01. The van der Waals surface area contributed by atoms with Gasteiger partial charge in [-0.25, -0.2) is 8.78 Å². The van der Waals surface area contributed by atoms with E-state index in [1.807, 2.05) is 4.90 Å². The minimum atomic E-state index is -0.704. The molecule has 0 N–H and O–H groups in total. The second kappa shape index (κ2) is 4.58. The summed E-state index contributed by atoms with van der Waals surface area (Å²) in [6.07, 6.45) is -0.0945. The fourth-order valence-electron chi connectivity index (χ4n) is 1.82. The average molecular weight is 276 g/mol. The lowest BCUT2D eigenvalue weighted by molar-refractivity contribution is 0.282. The third-order valence-corrected chi connectivity index (χ3v) is 3.36. The maximum Gasteiger partial charge on any atom is 0.124 e. The summed E-state index contributed by atoms with van der Waals surface area (Å²) >= 11 is 3.31. The molecule has 0 radical (unpaired) electrons. The van der Waals surface area contributed by atoms with Crippen LogP contribution in [0.25, 0.3) is 0 Å². The molecule has 1 aromatic carbocycles. The minimum Gasteiger partial charge on any atom is -0.296 e. The van der Waals surface area contributed by atoms with E-state index in [1.165, 1.54) is 12.1 Å².